The van der Waals surface area contributed by atoms with Gasteiger partial charge in [0.25, 0.3) is 19.4 Å². The van der Waals surface area contributed by atoms with Crippen molar-refractivity contribution >= 4 is 81.4 Å². The average molecular weight is 939 g/mol. The monoisotopic (exact) mass is 936 g/mol. The topological polar surface area (TPSA) is 152 Å². The van der Waals surface area contributed by atoms with Gasteiger partial charge in [0, 0.05) is 5.56 Å². The first-order chi connectivity index (χ1) is 28.2. The maximum Gasteiger partial charge on any atom is 0.272 e. The molecule has 0 aromatic heterocycles. The molecular weight excluding hydrogens is 897 g/mol. The number of aliphatic hydroxyl groups excluding tert-OH is 1. The van der Waals surface area contributed by atoms with E-state index in [9.17, 15) is 14.7 Å². The molecule has 19 heteroatoms. The Kier molecular flexibility index (Phi) is 16.6. The van der Waals surface area contributed by atoms with Crippen molar-refractivity contribution in [2.75, 3.05) is 19.8 Å². The number of fused-ring (bicyclic) bond motifs is 1. The summed E-state index contributed by atoms with van der Waals surface area (Å²) in [6, 6.07) is 25.0. The van der Waals surface area contributed by atoms with Crippen molar-refractivity contribution in [2.45, 2.75) is 88.4 Å². The van der Waals surface area contributed by atoms with Crippen LogP contribution in [0.2, 0.25) is 0 Å². The largest absolute Gasteiger partial charge is 0.374 e. The maximum absolute atomic E-state index is 13.5. The molecular formula is C40H42Cl6N2O11. The minimum Gasteiger partial charge on any atom is -0.374 e. The molecule has 13 nitrogen and oxygen atoms in total. The highest BCUT2D eigenvalue weighted by molar-refractivity contribution is 6.76. The lowest BCUT2D eigenvalue weighted by molar-refractivity contribution is -0.369. The van der Waals surface area contributed by atoms with E-state index in [1.807, 2.05) is 91.0 Å². The first-order valence-electron chi connectivity index (χ1n) is 18.4. The minimum atomic E-state index is -2.43. The highest BCUT2D eigenvalue weighted by atomic mass is 35.6. The van der Waals surface area contributed by atoms with Crippen LogP contribution in [0.5, 0.6) is 0 Å². The molecule has 3 fully saturated rings. The van der Waals surface area contributed by atoms with E-state index < -0.39 is 87.0 Å². The van der Waals surface area contributed by atoms with E-state index in [-0.39, 0.29) is 33.0 Å². The molecule has 3 N–H and O–H groups in total. The van der Waals surface area contributed by atoms with Crippen molar-refractivity contribution in [1.29, 1.82) is 0 Å². The Morgan fingerprint density at radius 2 is 1.32 bits per heavy atom. The van der Waals surface area contributed by atoms with Crippen LogP contribution < -0.4 is 10.6 Å². The molecule has 59 heavy (non-hydrogen) atoms. The molecule has 3 heterocycles. The second-order valence-corrected chi connectivity index (χ2v) is 18.3. The van der Waals surface area contributed by atoms with Gasteiger partial charge in [-0.3, -0.25) is 9.59 Å². The van der Waals surface area contributed by atoms with Gasteiger partial charge in [-0.2, -0.15) is 0 Å². The van der Waals surface area contributed by atoms with Gasteiger partial charge in [0.15, 0.2) is 18.9 Å². The second-order valence-electron chi connectivity index (χ2n) is 13.7. The van der Waals surface area contributed by atoms with E-state index in [0.29, 0.717) is 0 Å². The first kappa shape index (κ1) is 46.2. The lowest BCUT2D eigenvalue weighted by Gasteiger charge is -2.51. The fourth-order valence-corrected chi connectivity index (χ4v) is 7.15. The summed E-state index contributed by atoms with van der Waals surface area (Å²) < 4.78 is 46.1. The van der Waals surface area contributed by atoms with Gasteiger partial charge in [-0.25, -0.2) is 0 Å². The van der Waals surface area contributed by atoms with Crippen molar-refractivity contribution in [2.24, 2.45) is 0 Å². The number of benzene rings is 3. The minimum absolute atomic E-state index is 0.00250. The van der Waals surface area contributed by atoms with Crippen molar-refractivity contribution in [3.8, 4) is 0 Å². The van der Waals surface area contributed by atoms with Gasteiger partial charge in [-0.1, -0.05) is 167 Å². The Morgan fingerprint density at radius 3 is 1.92 bits per heavy atom. The number of hydrogen-bond donors (Lipinski definition) is 3. The zero-order valence-electron chi connectivity index (χ0n) is 31.1. The Balaban J connectivity index is 1.38. The summed E-state index contributed by atoms with van der Waals surface area (Å²) in [5, 5.41) is 16.7. The highest BCUT2D eigenvalue weighted by Gasteiger charge is 2.56. The zero-order chi connectivity index (χ0) is 42.2. The van der Waals surface area contributed by atoms with Gasteiger partial charge in [0.05, 0.1) is 33.0 Å². The molecule has 3 aromatic rings. The second kappa shape index (κ2) is 21.2. The fraction of sp³-hybridized carbons (Fsp3) is 0.450. The number of amides is 2. The summed E-state index contributed by atoms with van der Waals surface area (Å²) in [4.78, 5) is 26.6. The van der Waals surface area contributed by atoms with Gasteiger partial charge >= 0.3 is 0 Å². The number of alkyl halides is 6. The highest BCUT2D eigenvalue weighted by Crippen LogP contribution is 2.39. The van der Waals surface area contributed by atoms with Gasteiger partial charge < -0.3 is 53.6 Å². The van der Waals surface area contributed by atoms with E-state index in [2.05, 4.69) is 17.2 Å². The molecule has 3 aliphatic heterocycles. The van der Waals surface area contributed by atoms with Crippen LogP contribution in [0.1, 0.15) is 23.0 Å². The number of aliphatic hydroxyl groups is 1. The lowest BCUT2D eigenvalue weighted by Crippen LogP contribution is -2.71. The molecule has 3 saturated heterocycles. The molecule has 3 aromatic carbocycles. The molecule has 2 amide bonds. The van der Waals surface area contributed by atoms with Gasteiger partial charge in [-0.05, 0) is 11.1 Å². The summed E-state index contributed by atoms with van der Waals surface area (Å²) in [6.45, 7) is 3.75. The molecule has 11 atom stereocenters. The number of halogens is 6. The molecule has 0 saturated carbocycles. The molecule has 0 aliphatic carbocycles. The Bertz CT molecular complexity index is 1810. The average Bonchev–Trinajstić information content (AvgIpc) is 3.21. The van der Waals surface area contributed by atoms with Gasteiger partial charge in [0.2, 0.25) is 0 Å². The van der Waals surface area contributed by atoms with Gasteiger partial charge in [0.1, 0.15) is 48.7 Å². The van der Waals surface area contributed by atoms with Crippen LogP contribution in [-0.4, -0.2) is 106 Å². The van der Waals surface area contributed by atoms with Crippen LogP contribution in [0, 0.1) is 0 Å². The molecule has 6 rings (SSSR count). The summed E-state index contributed by atoms with van der Waals surface area (Å²) in [5.74, 6) is -2.10. The van der Waals surface area contributed by atoms with Crippen LogP contribution >= 0.6 is 69.6 Å². The SMILES string of the molecule is C=CCO[C@@H]1[C@@H](NC(=O)C(Cl)(Cl)Cl)[C@H](O[C@H]2[C@H](OCc3ccccc3)[C@@H](NC(=O)C(Cl)(Cl)Cl)[C@@H](O)O[C@@H]2COCc2ccccc2)O[C@@H]2CO[C@H](c3ccccc3)O[C@H]12. The number of ether oxygens (including phenoxy) is 8. The van der Waals surface area contributed by atoms with Crippen molar-refractivity contribution in [3.63, 3.8) is 0 Å². The summed E-state index contributed by atoms with van der Waals surface area (Å²) in [7, 11) is 0. The number of carbonyl (C=O) groups is 2. The fourth-order valence-electron chi connectivity index (χ4n) is 6.82. The van der Waals surface area contributed by atoms with Crippen molar-refractivity contribution in [3.05, 3.63) is 120 Å². The third kappa shape index (κ3) is 12.4. The number of carbonyl (C=O) groups excluding carboxylic acids is 2. The van der Waals surface area contributed by atoms with E-state index in [1.54, 1.807) is 0 Å². The molecule has 320 valence electrons. The summed E-state index contributed by atoms with van der Waals surface area (Å²) in [5.41, 5.74) is 2.32. The van der Waals surface area contributed by atoms with E-state index >= 15 is 0 Å². The van der Waals surface area contributed by atoms with Gasteiger partial charge in [-0.15, -0.1) is 6.58 Å². The Morgan fingerprint density at radius 1 is 0.746 bits per heavy atom. The van der Waals surface area contributed by atoms with E-state index in [0.717, 1.165) is 16.7 Å². The van der Waals surface area contributed by atoms with Crippen LogP contribution in [0.3, 0.4) is 0 Å². The van der Waals surface area contributed by atoms with Crippen molar-refractivity contribution in [1.82, 2.24) is 10.6 Å². The molecule has 0 spiro atoms. The van der Waals surface area contributed by atoms with E-state index in [4.69, 9.17) is 108 Å². The number of rotatable bonds is 15. The predicted octanol–water partition coefficient (Wildman–Crippen LogP) is 6.01. The smallest absolute Gasteiger partial charge is 0.272 e. The normalized spacial score (nSPS) is 29.8. The standard InChI is InChI=1S/C40H42Cl6N2O11/c1-2-18-53-33-29(48-38(51)40(44,45)46)36(57-27-22-55-35(58-31(27)33)25-16-10-5-11-17-25)59-30-26(21-52-19-23-12-6-3-7-13-23)56-34(49)28(47-37(50)39(41,42)43)32(30)54-20-24-14-8-4-9-15-24/h2-17,26-36,49H,1,18-22H2,(H,47,50)(H,48,51)/t26-,27-,28-,29-,30-,31+,32-,33-,34+,35+,36+/m1/s1. The third-order valence-corrected chi connectivity index (χ3v) is 10.6. The summed E-state index contributed by atoms with van der Waals surface area (Å²) >= 11 is 36.1. The first-order valence-corrected chi connectivity index (χ1v) is 20.7. The van der Waals surface area contributed by atoms with Crippen LogP contribution in [0.25, 0.3) is 0 Å². The summed E-state index contributed by atoms with van der Waals surface area (Å²) in [6.07, 6.45) is -8.88. The molecule has 3 aliphatic rings. The quantitative estimate of drug-likeness (QED) is 0.121. The van der Waals surface area contributed by atoms with Crippen molar-refractivity contribution < 1.29 is 52.6 Å². The lowest BCUT2D eigenvalue weighted by atomic mass is 9.93. The number of nitrogens with one attached hydrogen (secondary N) is 2. The van der Waals surface area contributed by atoms with Crippen LogP contribution in [0.15, 0.2) is 104 Å². The van der Waals surface area contributed by atoms with Crippen LogP contribution in [0.4, 0.5) is 0 Å². The zero-order valence-corrected chi connectivity index (χ0v) is 35.7. The predicted molar refractivity (Wildman–Crippen MR) is 220 cm³/mol. The molecule has 0 radical (unpaired) electrons. The van der Waals surface area contributed by atoms with E-state index in [1.165, 1.54) is 6.08 Å². The molecule has 0 unspecified atom stereocenters. The molecule has 0 bridgehead atoms. The van der Waals surface area contributed by atoms with Crippen LogP contribution in [-0.2, 0) is 60.7 Å². The number of hydrogen-bond acceptors (Lipinski definition) is 11. The third-order valence-electron chi connectivity index (χ3n) is 9.56. The maximum atomic E-state index is 13.5. The Hall–Kier alpha value is -2.28. The Labute approximate surface area is 371 Å².